The normalized spacial score (nSPS) is 12.4. The van der Waals surface area contributed by atoms with Gasteiger partial charge in [0.05, 0.1) is 5.52 Å². The number of pyridine rings is 1. The Bertz CT molecular complexity index is 694. The van der Waals surface area contributed by atoms with Crippen LogP contribution in [0.4, 0.5) is 0 Å². The molecule has 0 saturated heterocycles. The highest BCUT2D eigenvalue weighted by atomic mass is 79.9. The zero-order valence-corrected chi connectivity index (χ0v) is 12.8. The van der Waals surface area contributed by atoms with Crippen molar-refractivity contribution >= 4 is 26.8 Å². The molecule has 1 heterocycles. The number of nitrogens with zero attached hydrogens (tertiary/aromatic N) is 1. The first kappa shape index (κ1) is 13.3. The van der Waals surface area contributed by atoms with Crippen molar-refractivity contribution in [2.24, 2.45) is 0 Å². The minimum absolute atomic E-state index is 0.398. The summed E-state index contributed by atoms with van der Waals surface area (Å²) in [5, 5.41) is 1.22. The number of hydrogen-bond acceptors (Lipinski definition) is 1. The molecule has 0 spiro atoms. The fourth-order valence-electron chi connectivity index (χ4n) is 2.38. The average Bonchev–Trinajstić information content (AvgIpc) is 2.53. The molecule has 0 aliphatic heterocycles. The van der Waals surface area contributed by atoms with Crippen LogP contribution < -0.4 is 0 Å². The predicted octanol–water partition coefficient (Wildman–Crippen LogP) is 5.30. The first-order valence-electron chi connectivity index (χ1n) is 6.85. The van der Waals surface area contributed by atoms with E-state index in [4.69, 9.17) is 0 Å². The number of aryl methyl sites for hydroxylation is 1. The van der Waals surface area contributed by atoms with Gasteiger partial charge in [-0.2, -0.15) is 0 Å². The molecule has 0 N–H and O–H groups in total. The second-order valence-corrected chi connectivity index (χ2v) is 6.06. The van der Waals surface area contributed by atoms with Crippen LogP contribution in [0.2, 0.25) is 0 Å². The first-order valence-corrected chi connectivity index (χ1v) is 7.77. The molecule has 0 bridgehead atoms. The van der Waals surface area contributed by atoms with Crippen LogP contribution in [0.25, 0.3) is 10.9 Å². The molecule has 0 amide bonds. The van der Waals surface area contributed by atoms with E-state index in [-0.39, 0.29) is 0 Å². The number of halogens is 1. The minimum atomic E-state index is 0.398. The van der Waals surface area contributed by atoms with Crippen LogP contribution in [0, 0.1) is 0 Å². The van der Waals surface area contributed by atoms with Crippen molar-refractivity contribution in [1.82, 2.24) is 4.98 Å². The van der Waals surface area contributed by atoms with Gasteiger partial charge in [0.15, 0.2) is 0 Å². The average molecular weight is 326 g/mol. The highest BCUT2D eigenvalue weighted by molar-refractivity contribution is 9.09. The fraction of sp³-hybridized carbons (Fsp3) is 0.167. The van der Waals surface area contributed by atoms with Crippen LogP contribution in [0.3, 0.4) is 0 Å². The lowest BCUT2D eigenvalue weighted by Crippen LogP contribution is -1.94. The van der Waals surface area contributed by atoms with Gasteiger partial charge in [-0.05, 0) is 36.1 Å². The highest BCUT2D eigenvalue weighted by Crippen LogP contribution is 2.27. The first-order chi connectivity index (χ1) is 9.83. The van der Waals surface area contributed by atoms with E-state index in [0.717, 1.165) is 18.4 Å². The summed E-state index contributed by atoms with van der Waals surface area (Å²) in [4.78, 5) is 4.91. The summed E-state index contributed by atoms with van der Waals surface area (Å²) >= 11 is 3.77. The smallest absolute Gasteiger partial charge is 0.0702 e. The van der Waals surface area contributed by atoms with Gasteiger partial charge in [-0.15, -0.1) is 0 Å². The number of alkyl halides is 1. The molecule has 100 valence electrons. The van der Waals surface area contributed by atoms with E-state index in [9.17, 15) is 0 Å². The molecule has 1 nitrogen and oxygen atoms in total. The topological polar surface area (TPSA) is 12.9 Å². The van der Waals surface area contributed by atoms with Crippen molar-refractivity contribution < 1.29 is 0 Å². The van der Waals surface area contributed by atoms with E-state index in [1.165, 1.54) is 16.5 Å². The fourth-order valence-corrected chi connectivity index (χ4v) is 2.91. The van der Waals surface area contributed by atoms with E-state index in [0.29, 0.717) is 4.83 Å². The van der Waals surface area contributed by atoms with E-state index < -0.39 is 0 Å². The zero-order chi connectivity index (χ0) is 13.8. The van der Waals surface area contributed by atoms with Gasteiger partial charge in [-0.1, -0.05) is 64.5 Å². The largest absolute Gasteiger partial charge is 0.256 e. The Kier molecular flexibility index (Phi) is 4.12. The molecule has 3 rings (SSSR count). The Balaban J connectivity index is 1.70. The van der Waals surface area contributed by atoms with E-state index in [1.807, 2.05) is 12.3 Å². The van der Waals surface area contributed by atoms with Crippen LogP contribution >= 0.6 is 15.9 Å². The van der Waals surface area contributed by atoms with Crippen LogP contribution in [0.15, 0.2) is 66.9 Å². The maximum atomic E-state index is 4.52. The number of fused-ring (bicyclic) bond motifs is 1. The lowest BCUT2D eigenvalue weighted by atomic mass is 10.0. The molecule has 2 aromatic carbocycles. The van der Waals surface area contributed by atoms with E-state index in [2.05, 4.69) is 75.5 Å². The Morgan fingerprint density at radius 3 is 2.55 bits per heavy atom. The molecular formula is C18H16BrN. The van der Waals surface area contributed by atoms with Crippen molar-refractivity contribution in [1.29, 1.82) is 0 Å². The Morgan fingerprint density at radius 1 is 0.950 bits per heavy atom. The van der Waals surface area contributed by atoms with Gasteiger partial charge < -0.3 is 0 Å². The van der Waals surface area contributed by atoms with Crippen molar-refractivity contribution in [2.75, 3.05) is 0 Å². The molecule has 20 heavy (non-hydrogen) atoms. The van der Waals surface area contributed by atoms with Gasteiger partial charge in [0.2, 0.25) is 0 Å². The maximum absolute atomic E-state index is 4.52. The van der Waals surface area contributed by atoms with Gasteiger partial charge in [0.25, 0.3) is 0 Å². The molecule has 1 aromatic heterocycles. The van der Waals surface area contributed by atoms with Crippen LogP contribution in [-0.4, -0.2) is 4.98 Å². The third kappa shape index (κ3) is 3.07. The predicted molar refractivity (Wildman–Crippen MR) is 88.2 cm³/mol. The minimum Gasteiger partial charge on any atom is -0.256 e. The Morgan fingerprint density at radius 2 is 1.70 bits per heavy atom. The van der Waals surface area contributed by atoms with E-state index >= 15 is 0 Å². The molecule has 2 heteroatoms. The number of aromatic nitrogens is 1. The van der Waals surface area contributed by atoms with Crippen molar-refractivity contribution in [3.8, 4) is 0 Å². The quantitative estimate of drug-likeness (QED) is 0.593. The molecule has 3 aromatic rings. The maximum Gasteiger partial charge on any atom is 0.0702 e. The molecule has 0 radical (unpaired) electrons. The van der Waals surface area contributed by atoms with Crippen molar-refractivity contribution in [3.05, 3.63) is 78.0 Å². The third-order valence-corrected chi connectivity index (χ3v) is 4.48. The zero-order valence-electron chi connectivity index (χ0n) is 11.2. The van der Waals surface area contributed by atoms with Crippen LogP contribution in [-0.2, 0) is 6.42 Å². The lowest BCUT2D eigenvalue weighted by molar-refractivity contribution is 0.811. The van der Waals surface area contributed by atoms with Gasteiger partial charge in [-0.3, -0.25) is 4.98 Å². The second-order valence-electron chi connectivity index (χ2n) is 4.95. The van der Waals surface area contributed by atoms with Gasteiger partial charge in [-0.25, -0.2) is 0 Å². The van der Waals surface area contributed by atoms with E-state index in [1.54, 1.807) is 0 Å². The van der Waals surface area contributed by atoms with Crippen molar-refractivity contribution in [3.63, 3.8) is 0 Å². The highest BCUT2D eigenvalue weighted by Gasteiger charge is 2.07. The van der Waals surface area contributed by atoms with Crippen molar-refractivity contribution in [2.45, 2.75) is 17.7 Å². The molecule has 0 aliphatic carbocycles. The molecule has 0 fully saturated rings. The molecular weight excluding hydrogens is 310 g/mol. The molecule has 0 aliphatic rings. The summed E-state index contributed by atoms with van der Waals surface area (Å²) < 4.78 is 0. The monoisotopic (exact) mass is 325 g/mol. The van der Waals surface area contributed by atoms with Gasteiger partial charge in [0.1, 0.15) is 0 Å². The Hall–Kier alpha value is -1.67. The van der Waals surface area contributed by atoms with Crippen LogP contribution in [0.5, 0.6) is 0 Å². The summed E-state index contributed by atoms with van der Waals surface area (Å²) in [7, 11) is 0. The third-order valence-electron chi connectivity index (χ3n) is 3.49. The van der Waals surface area contributed by atoms with Gasteiger partial charge >= 0.3 is 0 Å². The summed E-state index contributed by atoms with van der Waals surface area (Å²) in [5.74, 6) is 0. The summed E-state index contributed by atoms with van der Waals surface area (Å²) in [5.41, 5.74) is 3.69. The summed E-state index contributed by atoms with van der Waals surface area (Å²) in [6.07, 6.45) is 4.10. The number of rotatable bonds is 4. The SMILES string of the molecule is BrC(CCc1cnc2ccccc2c1)c1ccccc1. The Labute approximate surface area is 127 Å². The lowest BCUT2D eigenvalue weighted by Gasteiger charge is -2.10. The molecule has 0 saturated carbocycles. The number of para-hydroxylation sites is 1. The second kappa shape index (κ2) is 6.19. The number of hydrogen-bond donors (Lipinski definition) is 0. The summed E-state index contributed by atoms with van der Waals surface area (Å²) in [6, 6.07) is 21.1. The molecule has 1 unspecified atom stereocenters. The van der Waals surface area contributed by atoms with Crippen LogP contribution in [0.1, 0.15) is 22.4 Å². The number of benzene rings is 2. The standard InChI is InChI=1S/C18H16BrN/c19-17(15-6-2-1-3-7-15)11-10-14-12-16-8-4-5-9-18(16)20-13-14/h1-9,12-13,17H,10-11H2. The van der Waals surface area contributed by atoms with Gasteiger partial charge in [0, 0.05) is 16.4 Å². The molecule has 1 atom stereocenters. The summed E-state index contributed by atoms with van der Waals surface area (Å²) in [6.45, 7) is 0.